The van der Waals surface area contributed by atoms with Crippen molar-refractivity contribution in [2.75, 3.05) is 19.6 Å². The standard InChI is InChI=1S/C16H33N3O2/c1-2-3-4-5-6-7-8-9-16(21)19-13-12-18-11-10-15(17)14-20/h14-15,18H,2-13,17H2,1H3,(H,19,21)/t15-/m0/s1. The summed E-state index contributed by atoms with van der Waals surface area (Å²) in [5.41, 5.74) is 5.46. The largest absolute Gasteiger partial charge is 0.355 e. The first-order valence-electron chi connectivity index (χ1n) is 8.39. The fourth-order valence-electron chi connectivity index (χ4n) is 2.08. The molecular weight excluding hydrogens is 266 g/mol. The molecule has 0 rings (SSSR count). The Bertz CT molecular complexity index is 260. The summed E-state index contributed by atoms with van der Waals surface area (Å²) in [6.07, 6.45) is 10.6. The van der Waals surface area contributed by atoms with Gasteiger partial charge in [0.1, 0.15) is 6.29 Å². The average molecular weight is 299 g/mol. The van der Waals surface area contributed by atoms with Crippen LogP contribution in [-0.4, -0.2) is 37.9 Å². The molecule has 1 atom stereocenters. The Kier molecular flexibility index (Phi) is 14.8. The van der Waals surface area contributed by atoms with Gasteiger partial charge in [0, 0.05) is 19.5 Å². The normalized spacial score (nSPS) is 12.1. The first-order valence-corrected chi connectivity index (χ1v) is 8.39. The van der Waals surface area contributed by atoms with Gasteiger partial charge in [-0.25, -0.2) is 0 Å². The molecule has 0 fully saturated rings. The maximum absolute atomic E-state index is 11.6. The van der Waals surface area contributed by atoms with Crippen LogP contribution >= 0.6 is 0 Å². The highest BCUT2D eigenvalue weighted by Crippen LogP contribution is 2.08. The third-order valence-electron chi connectivity index (χ3n) is 3.46. The summed E-state index contributed by atoms with van der Waals surface area (Å²) in [4.78, 5) is 21.9. The lowest BCUT2D eigenvalue weighted by Gasteiger charge is -2.08. The van der Waals surface area contributed by atoms with E-state index >= 15 is 0 Å². The molecule has 5 nitrogen and oxygen atoms in total. The van der Waals surface area contributed by atoms with Crippen LogP contribution in [0.1, 0.15) is 64.7 Å². The quantitative estimate of drug-likeness (QED) is 0.318. The summed E-state index contributed by atoms with van der Waals surface area (Å²) in [5.74, 6) is 0.134. The van der Waals surface area contributed by atoms with Crippen LogP contribution < -0.4 is 16.4 Å². The highest BCUT2D eigenvalue weighted by atomic mass is 16.1. The fourth-order valence-corrected chi connectivity index (χ4v) is 2.08. The van der Waals surface area contributed by atoms with Gasteiger partial charge in [0.2, 0.25) is 5.91 Å². The van der Waals surface area contributed by atoms with Gasteiger partial charge < -0.3 is 21.2 Å². The molecule has 0 saturated heterocycles. The topological polar surface area (TPSA) is 84.2 Å². The molecule has 0 aromatic heterocycles. The zero-order chi connectivity index (χ0) is 15.8. The lowest BCUT2D eigenvalue weighted by Crippen LogP contribution is -2.34. The van der Waals surface area contributed by atoms with Crippen molar-refractivity contribution >= 4 is 12.2 Å². The lowest BCUT2D eigenvalue weighted by atomic mass is 10.1. The molecule has 0 heterocycles. The van der Waals surface area contributed by atoms with E-state index < -0.39 is 0 Å². The molecule has 1 amide bonds. The number of unbranched alkanes of at least 4 members (excludes halogenated alkanes) is 6. The van der Waals surface area contributed by atoms with E-state index in [1.807, 2.05) is 0 Å². The number of carbonyl (C=O) groups is 2. The Balaban J connectivity index is 3.22. The Hall–Kier alpha value is -0.940. The zero-order valence-corrected chi connectivity index (χ0v) is 13.5. The Morgan fingerprint density at radius 1 is 1.05 bits per heavy atom. The van der Waals surface area contributed by atoms with Gasteiger partial charge in [0.15, 0.2) is 0 Å². The molecule has 5 heteroatoms. The summed E-state index contributed by atoms with van der Waals surface area (Å²) >= 11 is 0. The molecule has 0 bridgehead atoms. The fraction of sp³-hybridized carbons (Fsp3) is 0.875. The monoisotopic (exact) mass is 299 g/mol. The molecule has 0 aromatic rings. The first kappa shape index (κ1) is 20.1. The van der Waals surface area contributed by atoms with Gasteiger partial charge in [-0.2, -0.15) is 0 Å². The predicted octanol–water partition coefficient (Wildman–Crippen LogP) is 1.75. The highest BCUT2D eigenvalue weighted by molar-refractivity contribution is 5.75. The van der Waals surface area contributed by atoms with E-state index in [0.717, 1.165) is 19.1 Å². The minimum absolute atomic E-state index is 0.134. The molecule has 21 heavy (non-hydrogen) atoms. The van der Waals surface area contributed by atoms with E-state index in [1.165, 1.54) is 32.1 Å². The zero-order valence-electron chi connectivity index (χ0n) is 13.5. The van der Waals surface area contributed by atoms with E-state index in [0.29, 0.717) is 32.5 Å². The molecular formula is C16H33N3O2. The molecule has 124 valence electrons. The Morgan fingerprint density at radius 2 is 1.71 bits per heavy atom. The Morgan fingerprint density at radius 3 is 2.38 bits per heavy atom. The average Bonchev–Trinajstić information content (AvgIpc) is 2.49. The summed E-state index contributed by atoms with van der Waals surface area (Å²) < 4.78 is 0. The van der Waals surface area contributed by atoms with Crippen molar-refractivity contribution in [1.29, 1.82) is 0 Å². The molecule has 0 unspecified atom stereocenters. The van der Waals surface area contributed by atoms with E-state index in [4.69, 9.17) is 5.73 Å². The van der Waals surface area contributed by atoms with Crippen molar-refractivity contribution in [2.45, 2.75) is 70.8 Å². The number of hydrogen-bond acceptors (Lipinski definition) is 4. The SMILES string of the molecule is CCCCCCCCCC(=O)NCCNCC[C@H](N)C=O. The van der Waals surface area contributed by atoms with Crippen molar-refractivity contribution in [2.24, 2.45) is 5.73 Å². The number of carbonyl (C=O) groups excluding carboxylic acids is 2. The van der Waals surface area contributed by atoms with Crippen LogP contribution in [0.15, 0.2) is 0 Å². The third kappa shape index (κ3) is 15.3. The van der Waals surface area contributed by atoms with Crippen molar-refractivity contribution < 1.29 is 9.59 Å². The number of nitrogens with one attached hydrogen (secondary N) is 2. The minimum atomic E-state index is -0.385. The van der Waals surface area contributed by atoms with Crippen molar-refractivity contribution in [3.63, 3.8) is 0 Å². The van der Waals surface area contributed by atoms with Crippen LogP contribution in [0, 0.1) is 0 Å². The number of aldehydes is 1. The van der Waals surface area contributed by atoms with Crippen LogP contribution in [0.2, 0.25) is 0 Å². The molecule has 0 radical (unpaired) electrons. The second-order valence-electron chi connectivity index (χ2n) is 5.56. The van der Waals surface area contributed by atoms with E-state index in [1.54, 1.807) is 0 Å². The van der Waals surface area contributed by atoms with Gasteiger partial charge in [0.05, 0.1) is 6.04 Å². The van der Waals surface area contributed by atoms with E-state index in [9.17, 15) is 9.59 Å². The summed E-state index contributed by atoms with van der Waals surface area (Å²) in [7, 11) is 0. The second-order valence-corrected chi connectivity index (χ2v) is 5.56. The van der Waals surface area contributed by atoms with Crippen molar-refractivity contribution in [3.05, 3.63) is 0 Å². The smallest absolute Gasteiger partial charge is 0.220 e. The van der Waals surface area contributed by atoms with Crippen LogP contribution in [0.4, 0.5) is 0 Å². The second kappa shape index (κ2) is 15.4. The van der Waals surface area contributed by atoms with Gasteiger partial charge in [0.25, 0.3) is 0 Å². The van der Waals surface area contributed by atoms with Crippen LogP contribution in [0.25, 0.3) is 0 Å². The number of amides is 1. The molecule has 0 aliphatic rings. The van der Waals surface area contributed by atoms with Gasteiger partial charge in [-0.1, -0.05) is 45.4 Å². The first-order chi connectivity index (χ1) is 10.2. The molecule has 0 aliphatic heterocycles. The molecule has 0 aliphatic carbocycles. The number of rotatable bonds is 15. The van der Waals surface area contributed by atoms with Gasteiger partial charge >= 0.3 is 0 Å². The summed E-state index contributed by atoms with van der Waals surface area (Å²) in [6.45, 7) is 4.27. The van der Waals surface area contributed by atoms with Crippen LogP contribution in [0.5, 0.6) is 0 Å². The summed E-state index contributed by atoms with van der Waals surface area (Å²) in [6, 6.07) is -0.385. The van der Waals surface area contributed by atoms with Gasteiger partial charge in [-0.05, 0) is 19.4 Å². The molecule has 0 aromatic carbocycles. The van der Waals surface area contributed by atoms with Gasteiger partial charge in [-0.3, -0.25) is 4.79 Å². The maximum atomic E-state index is 11.6. The molecule has 0 saturated carbocycles. The molecule has 0 spiro atoms. The highest BCUT2D eigenvalue weighted by Gasteiger charge is 2.01. The summed E-state index contributed by atoms with van der Waals surface area (Å²) in [5, 5.41) is 6.04. The van der Waals surface area contributed by atoms with E-state index in [2.05, 4.69) is 17.6 Å². The number of hydrogen-bond donors (Lipinski definition) is 3. The van der Waals surface area contributed by atoms with Crippen LogP contribution in [0.3, 0.4) is 0 Å². The maximum Gasteiger partial charge on any atom is 0.220 e. The third-order valence-corrected chi connectivity index (χ3v) is 3.46. The Labute approximate surface area is 129 Å². The van der Waals surface area contributed by atoms with Crippen molar-refractivity contribution in [3.8, 4) is 0 Å². The van der Waals surface area contributed by atoms with Crippen molar-refractivity contribution in [1.82, 2.24) is 10.6 Å². The minimum Gasteiger partial charge on any atom is -0.355 e. The number of nitrogens with two attached hydrogens (primary N) is 1. The van der Waals surface area contributed by atoms with E-state index in [-0.39, 0.29) is 11.9 Å². The van der Waals surface area contributed by atoms with Gasteiger partial charge in [-0.15, -0.1) is 0 Å². The van der Waals surface area contributed by atoms with Crippen LogP contribution in [-0.2, 0) is 9.59 Å². The predicted molar refractivity (Wildman–Crippen MR) is 87.1 cm³/mol. The lowest BCUT2D eigenvalue weighted by molar-refractivity contribution is -0.121. The molecule has 4 N–H and O–H groups in total.